The van der Waals surface area contributed by atoms with Crippen molar-refractivity contribution in [2.75, 3.05) is 6.61 Å². The molecule has 0 spiro atoms. The van der Waals surface area contributed by atoms with Gasteiger partial charge < -0.3 is 33.6 Å². The first-order valence-corrected chi connectivity index (χ1v) is 10.8. The smallest absolute Gasteiger partial charge is 0.383 e. The second-order valence-electron chi connectivity index (χ2n) is 7.94. The largest absolute Gasteiger partial charge is 0.594 e. The van der Waals surface area contributed by atoms with Gasteiger partial charge in [0.2, 0.25) is 12.4 Å². The van der Waals surface area contributed by atoms with Gasteiger partial charge in [0, 0.05) is 33.8 Å². The van der Waals surface area contributed by atoms with Crippen molar-refractivity contribution in [3.05, 3.63) is 29.0 Å². The number of hydrogen-bond donors (Lipinski definition) is 0. The molecule has 1 aromatic heterocycles. The number of benzene rings is 1. The molecule has 0 aliphatic carbocycles. The van der Waals surface area contributed by atoms with Crippen molar-refractivity contribution in [2.24, 2.45) is 0 Å². The van der Waals surface area contributed by atoms with Gasteiger partial charge in [-0.05, 0) is 23.4 Å². The van der Waals surface area contributed by atoms with Crippen molar-refractivity contribution in [1.82, 2.24) is 10.1 Å². The lowest BCUT2D eigenvalue weighted by atomic mass is 9.98. The van der Waals surface area contributed by atoms with E-state index in [1.165, 1.54) is 0 Å². The standard InChI is InChI=1S/C22H25N3O11/c1-10-6-7-15-16(8-10)25(30)24-22(23-15)36-21-20(34-14(5)29)19(33-13(4)28)18(32-12(3)27)17(35-21)9-31-11(2)26/h6-8,17-21H,9H2,1-5H3/t17-,18+,19+,20-,21+/m0/s1. The van der Waals surface area contributed by atoms with Crippen molar-refractivity contribution in [3.8, 4) is 6.01 Å². The lowest BCUT2D eigenvalue weighted by Gasteiger charge is -2.43. The van der Waals surface area contributed by atoms with Crippen LogP contribution in [0.2, 0.25) is 0 Å². The minimum atomic E-state index is -1.56. The van der Waals surface area contributed by atoms with Crippen LogP contribution >= 0.6 is 0 Å². The van der Waals surface area contributed by atoms with E-state index in [2.05, 4.69) is 10.1 Å². The fourth-order valence-electron chi connectivity index (χ4n) is 3.58. The Labute approximate surface area is 204 Å². The van der Waals surface area contributed by atoms with Crippen LogP contribution in [-0.2, 0) is 42.9 Å². The van der Waals surface area contributed by atoms with E-state index >= 15 is 0 Å². The topological polar surface area (TPSA) is 176 Å². The van der Waals surface area contributed by atoms with E-state index in [-0.39, 0.29) is 11.0 Å². The Hall–Kier alpha value is -4.07. The lowest BCUT2D eigenvalue weighted by molar-refractivity contribution is -0.644. The molecule has 14 nitrogen and oxygen atoms in total. The molecule has 194 valence electrons. The molecule has 5 atom stereocenters. The molecule has 0 N–H and O–H groups in total. The molecule has 2 aromatic rings. The van der Waals surface area contributed by atoms with Crippen LogP contribution < -0.4 is 9.58 Å². The molecule has 36 heavy (non-hydrogen) atoms. The van der Waals surface area contributed by atoms with Crippen LogP contribution in [0.1, 0.15) is 33.3 Å². The summed E-state index contributed by atoms with van der Waals surface area (Å²) in [6, 6.07) is 4.46. The van der Waals surface area contributed by atoms with Crippen LogP contribution in [0.25, 0.3) is 11.0 Å². The van der Waals surface area contributed by atoms with Crippen LogP contribution in [0.4, 0.5) is 0 Å². The molecule has 0 saturated carbocycles. The number of fused-ring (bicyclic) bond motifs is 1. The molecular weight excluding hydrogens is 482 g/mol. The Balaban J connectivity index is 2.03. The quantitative estimate of drug-likeness (QED) is 0.212. The predicted octanol–water partition coefficient (Wildman–Crippen LogP) is 0.0335. The highest BCUT2D eigenvalue weighted by atomic mass is 16.7. The van der Waals surface area contributed by atoms with Gasteiger partial charge in [0.1, 0.15) is 18.2 Å². The average molecular weight is 507 g/mol. The van der Waals surface area contributed by atoms with Gasteiger partial charge in [-0.15, -0.1) is 0 Å². The van der Waals surface area contributed by atoms with E-state index in [4.69, 9.17) is 28.4 Å². The highest BCUT2D eigenvalue weighted by molar-refractivity contribution is 5.71. The van der Waals surface area contributed by atoms with Gasteiger partial charge in [0.15, 0.2) is 12.2 Å². The molecule has 1 aliphatic rings. The van der Waals surface area contributed by atoms with Gasteiger partial charge in [-0.2, -0.15) is 4.98 Å². The third-order valence-corrected chi connectivity index (χ3v) is 4.90. The zero-order valence-corrected chi connectivity index (χ0v) is 20.2. The summed E-state index contributed by atoms with van der Waals surface area (Å²) in [6.07, 6.45) is -7.05. The molecule has 1 aromatic carbocycles. The summed E-state index contributed by atoms with van der Waals surface area (Å²) in [5, 5.41) is 16.2. The summed E-state index contributed by atoms with van der Waals surface area (Å²) in [5.41, 5.74) is 1.25. The minimum absolute atomic E-state index is 0.184. The molecular formula is C22H25N3O11. The van der Waals surface area contributed by atoms with Crippen molar-refractivity contribution in [1.29, 1.82) is 0 Å². The molecule has 0 unspecified atom stereocenters. The van der Waals surface area contributed by atoms with Crippen LogP contribution in [0.15, 0.2) is 18.2 Å². The van der Waals surface area contributed by atoms with E-state index < -0.39 is 67.2 Å². The first-order valence-electron chi connectivity index (χ1n) is 10.8. The Morgan fingerprint density at radius 2 is 1.56 bits per heavy atom. The zero-order chi connectivity index (χ0) is 26.6. The van der Waals surface area contributed by atoms with Gasteiger partial charge >= 0.3 is 29.9 Å². The van der Waals surface area contributed by atoms with Gasteiger partial charge in [-0.1, -0.05) is 6.07 Å². The zero-order valence-electron chi connectivity index (χ0n) is 20.2. The molecule has 1 saturated heterocycles. The van der Waals surface area contributed by atoms with E-state index in [1.54, 1.807) is 25.1 Å². The van der Waals surface area contributed by atoms with Crippen molar-refractivity contribution in [2.45, 2.75) is 65.3 Å². The summed E-state index contributed by atoms with van der Waals surface area (Å²) < 4.78 is 32.4. The number of ether oxygens (including phenoxy) is 6. The fourth-order valence-corrected chi connectivity index (χ4v) is 3.58. The molecule has 14 heteroatoms. The highest BCUT2D eigenvalue weighted by Crippen LogP contribution is 2.30. The van der Waals surface area contributed by atoms with Gasteiger partial charge in [-0.25, -0.2) is 0 Å². The summed E-state index contributed by atoms with van der Waals surface area (Å²) in [4.78, 5) is 51.5. The molecule has 2 heterocycles. The maximum Gasteiger partial charge on any atom is 0.383 e. The maximum atomic E-state index is 12.5. The van der Waals surface area contributed by atoms with E-state index in [1.807, 2.05) is 0 Å². The normalized spacial score (nSPS) is 23.4. The van der Waals surface area contributed by atoms with E-state index in [9.17, 15) is 24.4 Å². The first-order chi connectivity index (χ1) is 16.9. The SMILES string of the molecule is CC(=O)OC[C@@H]1O[C@H](Oc2nc3ccc(C)cc3[n+]([O-])n2)[C@@H](OC(C)=O)[C@H](OC(C)=O)[C@@H]1OC(C)=O. The Morgan fingerprint density at radius 3 is 2.17 bits per heavy atom. The Morgan fingerprint density at radius 1 is 0.944 bits per heavy atom. The number of rotatable bonds is 7. The number of carbonyl (C=O) groups is 4. The van der Waals surface area contributed by atoms with Crippen molar-refractivity contribution >= 4 is 34.9 Å². The molecule has 0 radical (unpaired) electrons. The maximum absolute atomic E-state index is 12.5. The van der Waals surface area contributed by atoms with Crippen LogP contribution in [0, 0.1) is 12.1 Å². The summed E-state index contributed by atoms with van der Waals surface area (Å²) in [5.74, 6) is -3.03. The van der Waals surface area contributed by atoms with Crippen molar-refractivity contribution < 1.29 is 52.4 Å². The molecule has 0 bridgehead atoms. The van der Waals surface area contributed by atoms with E-state index in [0.717, 1.165) is 33.3 Å². The van der Waals surface area contributed by atoms with Gasteiger partial charge in [-0.3, -0.25) is 19.2 Å². The summed E-state index contributed by atoms with van der Waals surface area (Å²) >= 11 is 0. The predicted molar refractivity (Wildman–Crippen MR) is 116 cm³/mol. The lowest BCUT2D eigenvalue weighted by Crippen LogP contribution is -2.63. The molecule has 1 aliphatic heterocycles. The number of aryl methyl sites for hydroxylation is 1. The number of nitrogens with zero attached hydrogens (tertiary/aromatic N) is 3. The molecule has 0 amide bonds. The van der Waals surface area contributed by atoms with Crippen molar-refractivity contribution in [3.63, 3.8) is 0 Å². The van der Waals surface area contributed by atoms with Crippen LogP contribution in [0.5, 0.6) is 6.01 Å². The van der Waals surface area contributed by atoms with Gasteiger partial charge in [0.05, 0.1) is 5.10 Å². The third kappa shape index (κ3) is 6.53. The molecule has 3 rings (SSSR count). The number of carbonyl (C=O) groups excluding carboxylic acids is 4. The average Bonchev–Trinajstić information content (AvgIpc) is 2.76. The Bertz CT molecular complexity index is 1170. The monoisotopic (exact) mass is 507 g/mol. The number of esters is 4. The van der Waals surface area contributed by atoms with Crippen LogP contribution in [0.3, 0.4) is 0 Å². The second-order valence-corrected chi connectivity index (χ2v) is 7.94. The minimum Gasteiger partial charge on any atom is -0.594 e. The summed E-state index contributed by atoms with van der Waals surface area (Å²) in [6.45, 7) is 5.80. The Kier molecular flexibility index (Phi) is 8.19. The third-order valence-electron chi connectivity index (χ3n) is 4.90. The summed E-state index contributed by atoms with van der Waals surface area (Å²) in [7, 11) is 0. The number of hydrogen-bond acceptors (Lipinski definition) is 13. The van der Waals surface area contributed by atoms with E-state index in [0.29, 0.717) is 4.85 Å². The van der Waals surface area contributed by atoms with Crippen LogP contribution in [-0.4, -0.2) is 71.3 Å². The van der Waals surface area contributed by atoms with Gasteiger partial charge in [0.25, 0.3) is 5.52 Å². The first kappa shape index (κ1) is 26.5. The fraction of sp³-hybridized carbons (Fsp3) is 0.500. The second kappa shape index (κ2) is 11.1. The molecule has 1 fully saturated rings. The number of aromatic nitrogens is 3. The highest BCUT2D eigenvalue weighted by Gasteiger charge is 2.53.